The number of pyridine rings is 1. The van der Waals surface area contributed by atoms with Gasteiger partial charge < -0.3 is 4.74 Å². The molecule has 108 valence electrons. The highest BCUT2D eigenvalue weighted by atomic mass is 35.5. The Morgan fingerprint density at radius 3 is 2.81 bits per heavy atom. The molecule has 0 aliphatic heterocycles. The first-order valence-electron chi connectivity index (χ1n) is 6.24. The molecule has 1 heterocycles. The second-order valence-electron chi connectivity index (χ2n) is 4.12. The van der Waals surface area contributed by atoms with Gasteiger partial charge in [-0.2, -0.15) is 0 Å². The number of ether oxygens (including phenoxy) is 1. The molecule has 2 rings (SSSR count). The van der Waals surface area contributed by atoms with Crippen LogP contribution in [0.25, 0.3) is 0 Å². The molecule has 0 fully saturated rings. The van der Waals surface area contributed by atoms with Gasteiger partial charge in [0, 0.05) is 12.4 Å². The van der Waals surface area contributed by atoms with Crippen molar-refractivity contribution in [2.45, 2.75) is 6.54 Å². The van der Waals surface area contributed by atoms with Gasteiger partial charge in [0.05, 0.1) is 24.2 Å². The molecule has 6 heteroatoms. The normalized spacial score (nSPS) is 11.0. The monoisotopic (exact) mass is 303 g/mol. The molecule has 1 aromatic heterocycles. The highest BCUT2D eigenvalue weighted by molar-refractivity contribution is 6.34. The lowest BCUT2D eigenvalue weighted by molar-refractivity contribution is 0.0968. The number of carbonyl (C=O) groups excluding carboxylic acids is 1. The zero-order chi connectivity index (χ0) is 15.1. The number of methoxy groups -OCH3 is 1. The van der Waals surface area contributed by atoms with Crippen LogP contribution in [0.3, 0.4) is 0 Å². The Bertz CT molecular complexity index is 644. The first kappa shape index (κ1) is 15.0. The quantitative estimate of drug-likeness (QED) is 0.700. The molecule has 0 unspecified atom stereocenters. The Morgan fingerprint density at radius 2 is 2.14 bits per heavy atom. The Hall–Kier alpha value is -2.40. The molecule has 0 saturated carbocycles. The molecule has 0 bridgehead atoms. The van der Waals surface area contributed by atoms with E-state index in [1.165, 1.54) is 7.11 Å². The second kappa shape index (κ2) is 7.40. The van der Waals surface area contributed by atoms with Crippen LogP contribution in [-0.2, 0) is 11.3 Å². The van der Waals surface area contributed by atoms with Crippen molar-refractivity contribution < 1.29 is 9.53 Å². The van der Waals surface area contributed by atoms with Crippen molar-refractivity contribution in [2.24, 2.45) is 4.99 Å². The number of amidine groups is 1. The molecule has 0 saturated heterocycles. The fraction of sp³-hybridized carbons (Fsp3) is 0.133. The topological polar surface area (TPSA) is 63.6 Å². The smallest absolute Gasteiger partial charge is 0.291 e. The SMILES string of the molecule is COC(=NCc1cccnc1)NC(=O)c1ccccc1Cl. The largest absolute Gasteiger partial charge is 0.468 e. The standard InChI is InChI=1S/C15H14ClN3O2/c1-21-15(18-10-11-5-4-8-17-9-11)19-14(20)12-6-2-3-7-13(12)16/h2-9H,10H2,1H3,(H,18,19,20). The number of hydrogen-bond acceptors (Lipinski definition) is 4. The maximum atomic E-state index is 12.1. The summed E-state index contributed by atoms with van der Waals surface area (Å²) in [5, 5.41) is 2.95. The average Bonchev–Trinajstić information content (AvgIpc) is 2.52. The van der Waals surface area contributed by atoms with E-state index in [-0.39, 0.29) is 11.9 Å². The summed E-state index contributed by atoms with van der Waals surface area (Å²) in [7, 11) is 1.44. The van der Waals surface area contributed by atoms with Crippen LogP contribution in [0.15, 0.2) is 53.8 Å². The summed E-state index contributed by atoms with van der Waals surface area (Å²) in [6.45, 7) is 0.361. The van der Waals surface area contributed by atoms with Crippen LogP contribution < -0.4 is 5.32 Å². The molecular formula is C15H14ClN3O2. The van der Waals surface area contributed by atoms with Gasteiger partial charge >= 0.3 is 0 Å². The first-order chi connectivity index (χ1) is 10.2. The molecular weight excluding hydrogens is 290 g/mol. The summed E-state index contributed by atoms with van der Waals surface area (Å²) in [4.78, 5) is 20.3. The molecule has 0 aliphatic rings. The van der Waals surface area contributed by atoms with E-state index in [4.69, 9.17) is 16.3 Å². The second-order valence-corrected chi connectivity index (χ2v) is 4.53. The zero-order valence-corrected chi connectivity index (χ0v) is 12.2. The average molecular weight is 304 g/mol. The lowest BCUT2D eigenvalue weighted by Gasteiger charge is -2.08. The number of aromatic nitrogens is 1. The van der Waals surface area contributed by atoms with Gasteiger partial charge in [0.15, 0.2) is 0 Å². The summed E-state index contributed by atoms with van der Waals surface area (Å²) in [6, 6.07) is 10.6. The minimum Gasteiger partial charge on any atom is -0.468 e. The van der Waals surface area contributed by atoms with Crippen LogP contribution in [0, 0.1) is 0 Å². The molecule has 0 spiro atoms. The summed E-state index contributed by atoms with van der Waals surface area (Å²) < 4.78 is 5.06. The lowest BCUT2D eigenvalue weighted by Crippen LogP contribution is -2.32. The minimum absolute atomic E-state index is 0.128. The Kier molecular flexibility index (Phi) is 5.29. The number of hydrogen-bond donors (Lipinski definition) is 1. The maximum absolute atomic E-state index is 12.1. The van der Waals surface area contributed by atoms with Gasteiger partial charge in [0.1, 0.15) is 0 Å². The van der Waals surface area contributed by atoms with E-state index in [0.29, 0.717) is 17.1 Å². The highest BCUT2D eigenvalue weighted by Gasteiger charge is 2.12. The van der Waals surface area contributed by atoms with E-state index in [9.17, 15) is 4.79 Å². The van der Waals surface area contributed by atoms with Crippen molar-refractivity contribution in [3.63, 3.8) is 0 Å². The fourth-order valence-corrected chi connectivity index (χ4v) is 1.84. The third-order valence-corrected chi connectivity index (χ3v) is 2.99. The van der Waals surface area contributed by atoms with E-state index in [2.05, 4.69) is 15.3 Å². The van der Waals surface area contributed by atoms with Crippen LogP contribution in [0.5, 0.6) is 0 Å². The zero-order valence-electron chi connectivity index (χ0n) is 11.4. The van der Waals surface area contributed by atoms with Gasteiger partial charge in [0.25, 0.3) is 11.9 Å². The van der Waals surface area contributed by atoms with Crippen LogP contribution in [0.1, 0.15) is 15.9 Å². The summed E-state index contributed by atoms with van der Waals surface area (Å²) >= 11 is 5.97. The number of nitrogens with one attached hydrogen (secondary N) is 1. The van der Waals surface area contributed by atoms with Gasteiger partial charge in [-0.3, -0.25) is 15.1 Å². The number of benzene rings is 1. The van der Waals surface area contributed by atoms with Crippen molar-refractivity contribution in [2.75, 3.05) is 7.11 Å². The van der Waals surface area contributed by atoms with Crippen molar-refractivity contribution in [1.82, 2.24) is 10.3 Å². The van der Waals surface area contributed by atoms with Crippen molar-refractivity contribution in [3.05, 3.63) is 64.9 Å². The number of rotatable bonds is 3. The van der Waals surface area contributed by atoms with E-state index >= 15 is 0 Å². The summed E-state index contributed by atoms with van der Waals surface area (Å²) in [6.07, 6.45) is 3.39. The van der Waals surface area contributed by atoms with Gasteiger partial charge in [-0.05, 0) is 23.8 Å². The third kappa shape index (κ3) is 4.29. The van der Waals surface area contributed by atoms with Crippen LogP contribution in [-0.4, -0.2) is 24.0 Å². The Morgan fingerprint density at radius 1 is 1.33 bits per heavy atom. The molecule has 1 aromatic carbocycles. The molecule has 2 aromatic rings. The molecule has 0 atom stereocenters. The summed E-state index contributed by atoms with van der Waals surface area (Å²) in [5.41, 5.74) is 1.28. The van der Waals surface area contributed by atoms with E-state index in [1.807, 2.05) is 12.1 Å². The van der Waals surface area contributed by atoms with Crippen LogP contribution in [0.4, 0.5) is 0 Å². The van der Waals surface area contributed by atoms with E-state index < -0.39 is 0 Å². The van der Waals surface area contributed by atoms with Crippen LogP contribution >= 0.6 is 11.6 Å². The molecule has 1 amide bonds. The molecule has 0 radical (unpaired) electrons. The van der Waals surface area contributed by atoms with Gasteiger partial charge in [0.2, 0.25) is 0 Å². The van der Waals surface area contributed by atoms with Gasteiger partial charge in [-0.15, -0.1) is 0 Å². The minimum atomic E-state index is -0.368. The highest BCUT2D eigenvalue weighted by Crippen LogP contribution is 2.14. The van der Waals surface area contributed by atoms with Crippen molar-refractivity contribution >= 4 is 23.5 Å². The Balaban J connectivity index is 2.05. The maximum Gasteiger partial charge on any atom is 0.291 e. The molecule has 1 N–H and O–H groups in total. The van der Waals surface area contributed by atoms with Crippen molar-refractivity contribution in [1.29, 1.82) is 0 Å². The lowest BCUT2D eigenvalue weighted by atomic mass is 10.2. The number of carbonyl (C=O) groups is 1. The van der Waals surface area contributed by atoms with Gasteiger partial charge in [-0.25, -0.2) is 4.99 Å². The number of halogens is 1. The van der Waals surface area contributed by atoms with Gasteiger partial charge in [-0.1, -0.05) is 29.8 Å². The Labute approximate surface area is 127 Å². The summed E-state index contributed by atoms with van der Waals surface area (Å²) in [5.74, 6) is -0.368. The van der Waals surface area contributed by atoms with E-state index in [1.54, 1.807) is 36.7 Å². The molecule has 5 nitrogen and oxygen atoms in total. The third-order valence-electron chi connectivity index (χ3n) is 2.66. The number of aliphatic imine (C=N–C) groups is 1. The molecule has 21 heavy (non-hydrogen) atoms. The fourth-order valence-electron chi connectivity index (χ4n) is 1.62. The number of amides is 1. The number of nitrogens with zero attached hydrogens (tertiary/aromatic N) is 2. The molecule has 0 aliphatic carbocycles. The van der Waals surface area contributed by atoms with Crippen LogP contribution in [0.2, 0.25) is 5.02 Å². The predicted molar refractivity (Wildman–Crippen MR) is 81.3 cm³/mol. The predicted octanol–water partition coefficient (Wildman–Crippen LogP) is 2.67. The van der Waals surface area contributed by atoms with Crippen molar-refractivity contribution in [3.8, 4) is 0 Å². The first-order valence-corrected chi connectivity index (χ1v) is 6.61. The van der Waals surface area contributed by atoms with E-state index in [0.717, 1.165) is 5.56 Å².